The number of carbonyl (C=O) groups is 2. The molecule has 1 aromatic carbocycles. The van der Waals surface area contributed by atoms with Gasteiger partial charge in [0.15, 0.2) is 5.78 Å². The third kappa shape index (κ3) is 5.07. The Kier molecular flexibility index (Phi) is 7.07. The minimum Gasteiger partial charge on any atom is -0.446 e. The van der Waals surface area contributed by atoms with Gasteiger partial charge in [-0.15, -0.1) is 0 Å². The molecule has 2 aromatic rings. The van der Waals surface area contributed by atoms with Crippen LogP contribution in [0.4, 0.5) is 9.18 Å². The molecule has 1 amide bonds. The van der Waals surface area contributed by atoms with E-state index < -0.39 is 12.1 Å². The van der Waals surface area contributed by atoms with Crippen molar-refractivity contribution in [3.63, 3.8) is 0 Å². The van der Waals surface area contributed by atoms with Gasteiger partial charge in [-0.3, -0.25) is 19.6 Å². The Morgan fingerprint density at radius 1 is 1.09 bits per heavy atom. The van der Waals surface area contributed by atoms with Gasteiger partial charge in [0.2, 0.25) is 0 Å². The van der Waals surface area contributed by atoms with Gasteiger partial charge in [0, 0.05) is 24.7 Å². The Labute approximate surface area is 210 Å². The van der Waals surface area contributed by atoms with E-state index in [1.165, 1.54) is 19.5 Å². The third-order valence-corrected chi connectivity index (χ3v) is 7.83. The molecule has 0 N–H and O–H groups in total. The molecule has 186 valence electrons. The number of carbonyl (C=O) groups excluding carboxylic acids is 2. The van der Waals surface area contributed by atoms with Crippen molar-refractivity contribution in [2.24, 2.45) is 0 Å². The second-order valence-electron chi connectivity index (χ2n) is 9.90. The number of aromatic nitrogens is 1. The first kappa shape index (κ1) is 24.2. The fraction of sp³-hybridized carbons (Fsp3) is 0.519. The zero-order valence-corrected chi connectivity index (χ0v) is 20.8. The van der Waals surface area contributed by atoms with Crippen molar-refractivity contribution in [2.45, 2.75) is 70.1 Å². The van der Waals surface area contributed by atoms with Gasteiger partial charge in [-0.05, 0) is 80.3 Å². The maximum Gasteiger partial charge on any atom is 0.410 e. The summed E-state index contributed by atoms with van der Waals surface area (Å²) in [7, 11) is 0. The van der Waals surface area contributed by atoms with Crippen molar-refractivity contribution < 1.29 is 18.7 Å². The molecule has 0 spiro atoms. The molecule has 1 unspecified atom stereocenters. The predicted molar refractivity (Wildman–Crippen MR) is 131 cm³/mol. The zero-order chi connectivity index (χ0) is 24.5. The summed E-state index contributed by atoms with van der Waals surface area (Å²) in [5.41, 5.74) is 3.82. The number of halogens is 2. The molecule has 1 aromatic heterocycles. The van der Waals surface area contributed by atoms with Crippen molar-refractivity contribution in [1.82, 2.24) is 14.8 Å². The summed E-state index contributed by atoms with van der Waals surface area (Å²) in [5.74, 6) is -0.434. The second-order valence-corrected chi connectivity index (χ2v) is 10.3. The maximum atomic E-state index is 14.1. The smallest absolute Gasteiger partial charge is 0.410 e. The van der Waals surface area contributed by atoms with Gasteiger partial charge in [-0.1, -0.05) is 24.1 Å². The molecule has 2 aliphatic carbocycles. The van der Waals surface area contributed by atoms with E-state index in [9.17, 15) is 14.0 Å². The van der Waals surface area contributed by atoms with Crippen LogP contribution < -0.4 is 0 Å². The highest BCUT2D eigenvalue weighted by Gasteiger charge is 2.40. The molecule has 35 heavy (non-hydrogen) atoms. The van der Waals surface area contributed by atoms with Crippen molar-refractivity contribution >= 4 is 23.5 Å². The van der Waals surface area contributed by atoms with Crippen LogP contribution in [-0.2, 0) is 22.4 Å². The number of pyridine rings is 1. The van der Waals surface area contributed by atoms with Crippen LogP contribution in [0.1, 0.15) is 67.5 Å². The van der Waals surface area contributed by atoms with Crippen molar-refractivity contribution in [1.29, 1.82) is 0 Å². The number of ether oxygens (including phenoxy) is 1. The first-order chi connectivity index (χ1) is 16.9. The standard InChI is InChI=1S/C27H31ClFN3O3/c1-17(33)24-16-31(11-12-32(24)27(34)35-22-5-3-2-4-6-22)26-23-10-9-20(28)13-18(23)7-8-19-14-21(29)15-30-25(19)26/h9-10,13-15,22,24,26H,2-8,11-12,16H2,1H3/t24-,26?/m1/s1. The predicted octanol–water partition coefficient (Wildman–Crippen LogP) is 5.11. The van der Waals surface area contributed by atoms with Gasteiger partial charge in [-0.2, -0.15) is 0 Å². The first-order valence-corrected chi connectivity index (χ1v) is 12.9. The summed E-state index contributed by atoms with van der Waals surface area (Å²) < 4.78 is 19.9. The molecule has 2 fully saturated rings. The van der Waals surface area contributed by atoms with E-state index in [4.69, 9.17) is 16.3 Å². The van der Waals surface area contributed by atoms with E-state index >= 15 is 0 Å². The summed E-state index contributed by atoms with van der Waals surface area (Å²) in [4.78, 5) is 34.1. The number of nitrogens with zero attached hydrogens (tertiary/aromatic N) is 3. The normalized spacial score (nSPS) is 23.2. The molecule has 0 bridgehead atoms. The number of Topliss-reactive ketones (excluding diaryl/α,β-unsaturated/α-hetero) is 1. The number of hydrogen-bond acceptors (Lipinski definition) is 5. The van der Waals surface area contributed by atoms with Gasteiger partial charge in [0.25, 0.3) is 0 Å². The number of benzene rings is 1. The number of ketones is 1. The maximum absolute atomic E-state index is 14.1. The van der Waals surface area contributed by atoms with E-state index in [1.807, 2.05) is 18.2 Å². The Hall–Kier alpha value is -2.51. The molecule has 5 rings (SSSR count). The topological polar surface area (TPSA) is 62.7 Å². The van der Waals surface area contributed by atoms with E-state index in [0.29, 0.717) is 31.1 Å². The average molecular weight is 500 g/mol. The van der Waals surface area contributed by atoms with Crippen LogP contribution in [0.25, 0.3) is 0 Å². The zero-order valence-electron chi connectivity index (χ0n) is 20.0. The van der Waals surface area contributed by atoms with Crippen LogP contribution in [0.15, 0.2) is 30.5 Å². The molecule has 0 radical (unpaired) electrons. The SMILES string of the molecule is CC(=O)[C@H]1CN(C2c3ccc(Cl)cc3CCc3cc(F)cnc32)CCN1C(=O)OC1CCCCC1. The van der Waals surface area contributed by atoms with E-state index in [2.05, 4.69) is 9.88 Å². The van der Waals surface area contributed by atoms with E-state index in [1.54, 1.807) is 11.0 Å². The lowest BCUT2D eigenvalue weighted by atomic mass is 9.94. The molecular formula is C27H31ClFN3O3. The van der Waals surface area contributed by atoms with Crippen LogP contribution in [0.3, 0.4) is 0 Å². The highest BCUT2D eigenvalue weighted by atomic mass is 35.5. The van der Waals surface area contributed by atoms with Crippen LogP contribution in [0.2, 0.25) is 5.02 Å². The molecule has 6 nitrogen and oxygen atoms in total. The molecular weight excluding hydrogens is 469 g/mol. The number of amides is 1. The molecule has 2 heterocycles. The van der Waals surface area contributed by atoms with Crippen LogP contribution >= 0.6 is 11.6 Å². The quantitative estimate of drug-likeness (QED) is 0.587. The molecule has 1 saturated heterocycles. The van der Waals surface area contributed by atoms with Gasteiger partial charge < -0.3 is 4.74 Å². The van der Waals surface area contributed by atoms with E-state index in [-0.39, 0.29) is 23.7 Å². The minimum atomic E-state index is -0.609. The average Bonchev–Trinajstić information content (AvgIpc) is 3.00. The van der Waals surface area contributed by atoms with Gasteiger partial charge in [0.05, 0.1) is 17.9 Å². The Morgan fingerprint density at radius 2 is 1.86 bits per heavy atom. The second kappa shape index (κ2) is 10.2. The van der Waals surface area contributed by atoms with Gasteiger partial charge in [-0.25, -0.2) is 9.18 Å². The largest absolute Gasteiger partial charge is 0.446 e. The first-order valence-electron chi connectivity index (χ1n) is 12.5. The summed E-state index contributed by atoms with van der Waals surface area (Å²) >= 11 is 6.31. The Bertz CT molecular complexity index is 1070. The molecule has 3 aliphatic rings. The number of aryl methyl sites for hydroxylation is 2. The number of fused-ring (bicyclic) bond motifs is 2. The van der Waals surface area contributed by atoms with Crippen molar-refractivity contribution in [2.75, 3.05) is 19.6 Å². The third-order valence-electron chi connectivity index (χ3n) is 7.59. The molecule has 1 saturated carbocycles. The van der Waals surface area contributed by atoms with Crippen LogP contribution in [0, 0.1) is 5.82 Å². The summed E-state index contributed by atoms with van der Waals surface area (Å²) in [6, 6.07) is 6.54. The fourth-order valence-corrected chi connectivity index (χ4v) is 5.98. The van der Waals surface area contributed by atoms with Gasteiger partial charge >= 0.3 is 6.09 Å². The summed E-state index contributed by atoms with van der Waals surface area (Å²) in [6.45, 7) is 2.82. The lowest BCUT2D eigenvalue weighted by Crippen LogP contribution is -2.59. The molecule has 1 aliphatic heterocycles. The number of hydrogen-bond donors (Lipinski definition) is 0. The number of rotatable bonds is 3. The van der Waals surface area contributed by atoms with Crippen molar-refractivity contribution in [3.8, 4) is 0 Å². The lowest BCUT2D eigenvalue weighted by molar-refractivity contribution is -0.124. The van der Waals surface area contributed by atoms with Crippen LogP contribution in [-0.4, -0.2) is 58.4 Å². The van der Waals surface area contributed by atoms with Gasteiger partial charge in [0.1, 0.15) is 18.0 Å². The Morgan fingerprint density at radius 3 is 2.63 bits per heavy atom. The monoisotopic (exact) mass is 499 g/mol. The fourth-order valence-electron chi connectivity index (χ4n) is 5.78. The summed E-state index contributed by atoms with van der Waals surface area (Å²) in [6.07, 6.45) is 7.27. The summed E-state index contributed by atoms with van der Waals surface area (Å²) in [5, 5.41) is 0.657. The van der Waals surface area contributed by atoms with E-state index in [0.717, 1.165) is 54.5 Å². The number of piperazine rings is 1. The lowest BCUT2D eigenvalue weighted by Gasteiger charge is -2.43. The minimum absolute atomic E-state index is 0.0636. The van der Waals surface area contributed by atoms with Crippen LogP contribution in [0.5, 0.6) is 0 Å². The highest BCUT2D eigenvalue weighted by Crippen LogP contribution is 2.38. The Balaban J connectivity index is 1.44. The highest BCUT2D eigenvalue weighted by molar-refractivity contribution is 6.30. The molecule has 2 atom stereocenters. The van der Waals surface area contributed by atoms with Crippen molar-refractivity contribution in [3.05, 3.63) is 63.7 Å². The molecule has 8 heteroatoms.